The van der Waals surface area contributed by atoms with Gasteiger partial charge in [-0.2, -0.15) is 0 Å². The molecule has 0 saturated heterocycles. The van der Waals surface area contributed by atoms with Gasteiger partial charge in [-0.15, -0.1) is 13.2 Å². The minimum Gasteiger partial charge on any atom is -0.466 e. The number of ether oxygens (including phenoxy) is 2. The molecule has 2 N–H and O–H groups in total. The Balaban J connectivity index is 3.27. The molecule has 1 rings (SSSR count). The van der Waals surface area contributed by atoms with Gasteiger partial charge in [0.25, 0.3) is 6.43 Å². The Labute approximate surface area is 122 Å². The van der Waals surface area contributed by atoms with Crippen LogP contribution in [0.3, 0.4) is 0 Å². The van der Waals surface area contributed by atoms with Gasteiger partial charge in [-0.25, -0.2) is 13.8 Å². The third-order valence-corrected chi connectivity index (χ3v) is 2.44. The molecule has 124 valence electrons. The number of pyridine rings is 1. The lowest BCUT2D eigenvalue weighted by Gasteiger charge is -2.16. The van der Waals surface area contributed by atoms with E-state index >= 15 is 0 Å². The Hall–Kier alpha value is -1.97. The average Bonchev–Trinajstić information content (AvgIpc) is 2.35. The van der Waals surface area contributed by atoms with E-state index in [4.69, 9.17) is 5.73 Å². The minimum atomic E-state index is -5.20. The first-order valence-corrected chi connectivity index (χ1v) is 6.10. The van der Waals surface area contributed by atoms with E-state index in [2.05, 4.69) is 14.5 Å². The summed E-state index contributed by atoms with van der Waals surface area (Å²) in [4.78, 5) is 14.7. The van der Waals surface area contributed by atoms with E-state index in [0.717, 1.165) is 6.07 Å². The number of aromatic nitrogens is 1. The molecular weight excluding hydrogens is 315 g/mol. The van der Waals surface area contributed by atoms with Gasteiger partial charge in [0.05, 0.1) is 24.3 Å². The van der Waals surface area contributed by atoms with E-state index in [1.165, 1.54) is 6.92 Å². The molecular formula is C12H13F5N2O3. The van der Waals surface area contributed by atoms with Gasteiger partial charge in [0.15, 0.2) is 0 Å². The van der Waals surface area contributed by atoms with Crippen LogP contribution in [0.15, 0.2) is 6.07 Å². The predicted molar refractivity (Wildman–Crippen MR) is 64.1 cm³/mol. The molecule has 1 aromatic rings. The summed E-state index contributed by atoms with van der Waals surface area (Å²) in [6, 6.07) is 1.03. The summed E-state index contributed by atoms with van der Waals surface area (Å²) in [6.45, 7) is 1.13. The van der Waals surface area contributed by atoms with Gasteiger partial charge in [0, 0.05) is 6.54 Å². The topological polar surface area (TPSA) is 74.4 Å². The van der Waals surface area contributed by atoms with Crippen LogP contribution in [0.1, 0.15) is 30.2 Å². The molecule has 0 atom stereocenters. The van der Waals surface area contributed by atoms with Crippen molar-refractivity contribution < 1.29 is 36.2 Å². The molecule has 0 fully saturated rings. The normalized spacial score (nSPS) is 11.6. The largest absolute Gasteiger partial charge is 0.574 e. The molecule has 0 spiro atoms. The molecule has 0 amide bonds. The fourth-order valence-corrected chi connectivity index (χ4v) is 1.68. The first kappa shape index (κ1) is 18.1. The van der Waals surface area contributed by atoms with E-state index in [1.807, 2.05) is 0 Å². The number of rotatable bonds is 6. The third-order valence-electron chi connectivity index (χ3n) is 2.44. The number of nitrogens with two attached hydrogens (primary N) is 1. The smallest absolute Gasteiger partial charge is 0.466 e. The Bertz CT molecular complexity index is 534. The van der Waals surface area contributed by atoms with Crippen LogP contribution in [-0.4, -0.2) is 23.9 Å². The maximum Gasteiger partial charge on any atom is 0.574 e. The fourth-order valence-electron chi connectivity index (χ4n) is 1.68. The van der Waals surface area contributed by atoms with Crippen molar-refractivity contribution in [2.45, 2.75) is 32.7 Å². The van der Waals surface area contributed by atoms with Gasteiger partial charge in [-0.05, 0) is 18.6 Å². The van der Waals surface area contributed by atoms with Gasteiger partial charge in [-0.1, -0.05) is 0 Å². The highest BCUT2D eigenvalue weighted by Crippen LogP contribution is 2.34. The molecule has 0 radical (unpaired) electrons. The van der Waals surface area contributed by atoms with Crippen molar-refractivity contribution in [2.24, 2.45) is 5.73 Å². The van der Waals surface area contributed by atoms with Gasteiger partial charge >= 0.3 is 12.3 Å². The number of hydrogen-bond acceptors (Lipinski definition) is 5. The van der Waals surface area contributed by atoms with Crippen molar-refractivity contribution >= 4 is 5.97 Å². The Morgan fingerprint density at radius 2 is 2.05 bits per heavy atom. The van der Waals surface area contributed by atoms with Gasteiger partial charge in [0.2, 0.25) is 5.88 Å². The summed E-state index contributed by atoms with van der Waals surface area (Å²) in [6.07, 6.45) is -8.95. The van der Waals surface area contributed by atoms with Crippen molar-refractivity contribution in [3.8, 4) is 5.88 Å². The van der Waals surface area contributed by atoms with Crippen LogP contribution in [0.4, 0.5) is 22.0 Å². The second-order valence-corrected chi connectivity index (χ2v) is 4.03. The molecule has 5 nitrogen and oxygen atoms in total. The highest BCUT2D eigenvalue weighted by molar-refractivity contribution is 5.72. The summed E-state index contributed by atoms with van der Waals surface area (Å²) >= 11 is 0. The molecule has 0 saturated carbocycles. The number of alkyl halides is 5. The second kappa shape index (κ2) is 7.34. The maximum atomic E-state index is 12.9. The van der Waals surface area contributed by atoms with Crippen LogP contribution in [0, 0.1) is 0 Å². The van der Waals surface area contributed by atoms with Crippen LogP contribution in [0.25, 0.3) is 0 Å². The lowest BCUT2D eigenvalue weighted by molar-refractivity contribution is -0.276. The molecule has 0 bridgehead atoms. The Kier molecular flexibility index (Phi) is 6.03. The third kappa shape index (κ3) is 5.10. The molecule has 0 aliphatic heterocycles. The molecule has 0 aliphatic carbocycles. The van der Waals surface area contributed by atoms with E-state index in [0.29, 0.717) is 0 Å². The fraction of sp³-hybridized carbons (Fsp3) is 0.500. The van der Waals surface area contributed by atoms with Crippen LogP contribution < -0.4 is 10.5 Å². The molecule has 0 unspecified atom stereocenters. The highest BCUT2D eigenvalue weighted by atomic mass is 19.4. The molecule has 0 aliphatic rings. The zero-order valence-corrected chi connectivity index (χ0v) is 11.4. The molecule has 22 heavy (non-hydrogen) atoms. The number of nitrogens with zero attached hydrogens (tertiary/aromatic N) is 1. The van der Waals surface area contributed by atoms with Crippen LogP contribution in [-0.2, 0) is 22.5 Å². The first-order chi connectivity index (χ1) is 10.2. The molecule has 10 heteroatoms. The quantitative estimate of drug-likeness (QED) is 0.641. The van der Waals surface area contributed by atoms with Crippen LogP contribution in [0.5, 0.6) is 5.88 Å². The van der Waals surface area contributed by atoms with Gasteiger partial charge in [0.1, 0.15) is 0 Å². The van der Waals surface area contributed by atoms with E-state index in [9.17, 15) is 26.7 Å². The minimum absolute atomic E-state index is 0.0591. The average molecular weight is 328 g/mol. The van der Waals surface area contributed by atoms with Crippen molar-refractivity contribution in [3.05, 3.63) is 22.9 Å². The van der Waals surface area contributed by atoms with E-state index in [1.54, 1.807) is 0 Å². The Morgan fingerprint density at radius 1 is 1.41 bits per heavy atom. The van der Waals surface area contributed by atoms with Crippen molar-refractivity contribution in [1.29, 1.82) is 0 Å². The molecule has 1 aromatic heterocycles. The van der Waals surface area contributed by atoms with Crippen LogP contribution >= 0.6 is 0 Å². The molecule has 0 aromatic carbocycles. The zero-order valence-electron chi connectivity index (χ0n) is 11.4. The lowest BCUT2D eigenvalue weighted by Crippen LogP contribution is -2.21. The standard InChI is InChI=1S/C12H13F5N2O3/c1-2-21-8(20)4-7-3-6(5-18)9(10(13)14)11(19-7)22-12(15,16)17/h3,10H,2,4-5,18H2,1H3. The number of halogens is 5. The molecule has 1 heterocycles. The second-order valence-electron chi connectivity index (χ2n) is 4.03. The van der Waals surface area contributed by atoms with Crippen molar-refractivity contribution in [1.82, 2.24) is 4.98 Å². The summed E-state index contributed by atoms with van der Waals surface area (Å²) < 4.78 is 70.9. The maximum absolute atomic E-state index is 12.9. The number of esters is 1. The first-order valence-electron chi connectivity index (χ1n) is 6.10. The van der Waals surface area contributed by atoms with Crippen molar-refractivity contribution in [2.75, 3.05) is 6.61 Å². The number of carbonyl (C=O) groups excluding carboxylic acids is 1. The SMILES string of the molecule is CCOC(=O)Cc1cc(CN)c(C(F)F)c(OC(F)(F)F)n1. The lowest BCUT2D eigenvalue weighted by atomic mass is 10.1. The summed E-state index contributed by atoms with van der Waals surface area (Å²) in [5.74, 6) is -2.08. The van der Waals surface area contributed by atoms with Gasteiger partial charge in [-0.3, -0.25) is 4.79 Å². The Morgan fingerprint density at radius 3 is 2.50 bits per heavy atom. The van der Waals surface area contributed by atoms with E-state index in [-0.39, 0.29) is 17.9 Å². The monoisotopic (exact) mass is 328 g/mol. The van der Waals surface area contributed by atoms with Crippen molar-refractivity contribution in [3.63, 3.8) is 0 Å². The van der Waals surface area contributed by atoms with Gasteiger partial charge < -0.3 is 15.2 Å². The summed E-state index contributed by atoms with van der Waals surface area (Å²) in [5, 5.41) is 0. The number of hydrogen-bond donors (Lipinski definition) is 1. The summed E-state index contributed by atoms with van der Waals surface area (Å²) in [7, 11) is 0. The zero-order chi connectivity index (χ0) is 16.9. The predicted octanol–water partition coefficient (Wildman–Crippen LogP) is 2.48. The van der Waals surface area contributed by atoms with Crippen LogP contribution in [0.2, 0.25) is 0 Å². The van der Waals surface area contributed by atoms with E-state index < -0.39 is 43.2 Å². The summed E-state index contributed by atoms with van der Waals surface area (Å²) in [5.41, 5.74) is 3.72. The highest BCUT2D eigenvalue weighted by Gasteiger charge is 2.35. The number of carbonyl (C=O) groups is 1.